The van der Waals surface area contributed by atoms with Crippen LogP contribution in [0.4, 0.5) is 0 Å². The van der Waals surface area contributed by atoms with Gasteiger partial charge in [0.05, 0.1) is 0 Å². The number of thiol groups is 2. The molecule has 0 bridgehead atoms. The highest BCUT2D eigenvalue weighted by Gasteiger charge is 2.43. The summed E-state index contributed by atoms with van der Waals surface area (Å²) in [6.45, 7) is 3.52. The third-order valence-corrected chi connectivity index (χ3v) is 5.47. The summed E-state index contributed by atoms with van der Waals surface area (Å²) >= 11 is 8.35. The molecule has 0 saturated carbocycles. The Morgan fingerprint density at radius 2 is 1.50 bits per heavy atom. The van der Waals surface area contributed by atoms with Crippen LogP contribution in [0, 0.1) is 0 Å². The third-order valence-electron chi connectivity index (χ3n) is 2.23. The number of hydrogen-bond acceptors (Lipinski definition) is 5. The molecule has 0 aliphatic rings. The maximum absolute atomic E-state index is 5.89. The van der Waals surface area contributed by atoms with Crippen LogP contribution >= 0.6 is 25.3 Å². The van der Waals surface area contributed by atoms with E-state index in [-0.39, 0.29) is 0 Å². The Labute approximate surface area is 121 Å². The van der Waals surface area contributed by atoms with Crippen molar-refractivity contribution in [1.82, 2.24) is 0 Å². The lowest BCUT2D eigenvalue weighted by Crippen LogP contribution is -2.57. The van der Waals surface area contributed by atoms with Crippen LogP contribution in [0.25, 0.3) is 0 Å². The zero-order chi connectivity index (χ0) is 13.3. The van der Waals surface area contributed by atoms with Gasteiger partial charge >= 0.3 is 8.80 Å². The summed E-state index contributed by atoms with van der Waals surface area (Å²) in [5, 5.41) is 0.982. The second-order valence-corrected chi connectivity index (χ2v) is 6.95. The Balaban J connectivity index is 2.94. The van der Waals surface area contributed by atoms with Crippen LogP contribution in [-0.2, 0) is 13.3 Å². The first-order valence-electron chi connectivity index (χ1n) is 5.98. The Hall–Kier alpha value is 0.0169. The van der Waals surface area contributed by atoms with Crippen molar-refractivity contribution in [1.29, 1.82) is 0 Å². The highest BCUT2D eigenvalue weighted by atomic mass is 32.1. The van der Waals surface area contributed by atoms with E-state index in [4.69, 9.17) is 13.3 Å². The van der Waals surface area contributed by atoms with Crippen LogP contribution in [-0.4, -0.2) is 40.1 Å². The minimum absolute atomic E-state index is 0.511. The Bertz CT molecular complexity index is 316. The van der Waals surface area contributed by atoms with Gasteiger partial charge < -0.3 is 13.3 Å². The average Bonchev–Trinajstić information content (AvgIpc) is 2.43. The summed E-state index contributed by atoms with van der Waals surface area (Å²) in [5.74, 6) is 1.28. The SMILES string of the molecule is CCO[Si](OCCS)(OCCS)c1ccccc1. The molecule has 3 nitrogen and oxygen atoms in total. The molecule has 0 radical (unpaired) electrons. The summed E-state index contributed by atoms with van der Waals surface area (Å²) in [6.07, 6.45) is 0. The van der Waals surface area contributed by atoms with Gasteiger partial charge in [0.15, 0.2) is 0 Å². The zero-order valence-corrected chi connectivity index (χ0v) is 13.3. The van der Waals surface area contributed by atoms with Crippen molar-refractivity contribution in [2.45, 2.75) is 6.92 Å². The molecule has 0 aliphatic heterocycles. The molecule has 1 aromatic carbocycles. The Kier molecular flexibility index (Phi) is 8.04. The molecular formula is C12H20O3S2Si. The van der Waals surface area contributed by atoms with E-state index in [9.17, 15) is 0 Å². The molecule has 0 spiro atoms. The van der Waals surface area contributed by atoms with E-state index in [1.807, 2.05) is 37.3 Å². The molecule has 6 heteroatoms. The van der Waals surface area contributed by atoms with Gasteiger partial charge in [-0.1, -0.05) is 30.3 Å². The average molecular weight is 305 g/mol. The monoisotopic (exact) mass is 304 g/mol. The molecule has 18 heavy (non-hydrogen) atoms. The van der Waals surface area contributed by atoms with Gasteiger partial charge in [-0.05, 0) is 6.92 Å². The van der Waals surface area contributed by atoms with Crippen molar-refractivity contribution < 1.29 is 13.3 Å². The highest BCUT2D eigenvalue weighted by molar-refractivity contribution is 7.80. The lowest BCUT2D eigenvalue weighted by Gasteiger charge is -2.29. The van der Waals surface area contributed by atoms with E-state index in [1.54, 1.807) is 0 Å². The van der Waals surface area contributed by atoms with E-state index >= 15 is 0 Å². The van der Waals surface area contributed by atoms with Gasteiger partial charge in [-0.15, -0.1) is 0 Å². The van der Waals surface area contributed by atoms with E-state index < -0.39 is 8.80 Å². The molecule has 0 atom stereocenters. The first-order chi connectivity index (χ1) is 8.79. The summed E-state index contributed by atoms with van der Waals surface area (Å²) in [6, 6.07) is 9.86. The van der Waals surface area contributed by atoms with Gasteiger partial charge in [-0.3, -0.25) is 0 Å². The molecule has 0 saturated heterocycles. The Morgan fingerprint density at radius 3 is 1.94 bits per heavy atom. The summed E-state index contributed by atoms with van der Waals surface area (Å²) < 4.78 is 17.6. The van der Waals surface area contributed by atoms with Crippen LogP contribution < -0.4 is 5.19 Å². The van der Waals surface area contributed by atoms with Crippen LogP contribution in [0.3, 0.4) is 0 Å². The number of hydrogen-bond donors (Lipinski definition) is 2. The molecule has 0 amide bonds. The van der Waals surface area contributed by atoms with E-state index in [1.165, 1.54) is 0 Å². The predicted molar refractivity (Wildman–Crippen MR) is 83.1 cm³/mol. The molecule has 0 N–H and O–H groups in total. The fourth-order valence-corrected chi connectivity index (χ4v) is 4.57. The number of benzene rings is 1. The number of rotatable bonds is 9. The van der Waals surface area contributed by atoms with Crippen LogP contribution in [0.15, 0.2) is 30.3 Å². The van der Waals surface area contributed by atoms with Gasteiger partial charge in [0, 0.05) is 36.5 Å². The van der Waals surface area contributed by atoms with Crippen LogP contribution in [0.1, 0.15) is 6.92 Å². The van der Waals surface area contributed by atoms with Gasteiger partial charge in [0.2, 0.25) is 0 Å². The van der Waals surface area contributed by atoms with E-state index in [0.29, 0.717) is 31.3 Å². The van der Waals surface area contributed by atoms with Crippen molar-refractivity contribution in [2.24, 2.45) is 0 Å². The first-order valence-corrected chi connectivity index (χ1v) is 8.97. The maximum Gasteiger partial charge on any atom is 0.537 e. The standard InChI is InChI=1S/C12H20O3S2Si/c1-2-13-18(14-8-10-16,15-9-11-17)12-6-4-3-5-7-12/h3-7,16-17H,2,8-11H2,1H3. The van der Waals surface area contributed by atoms with Crippen molar-refractivity contribution in [3.05, 3.63) is 30.3 Å². The fraction of sp³-hybridized carbons (Fsp3) is 0.500. The fourth-order valence-electron chi connectivity index (χ4n) is 1.57. The zero-order valence-electron chi connectivity index (χ0n) is 10.5. The van der Waals surface area contributed by atoms with Gasteiger partial charge in [0.25, 0.3) is 0 Å². The molecule has 0 fully saturated rings. The highest BCUT2D eigenvalue weighted by Crippen LogP contribution is 2.11. The molecular weight excluding hydrogens is 284 g/mol. The van der Waals surface area contributed by atoms with E-state index in [0.717, 1.165) is 5.19 Å². The molecule has 0 aliphatic carbocycles. The molecule has 1 rings (SSSR count). The van der Waals surface area contributed by atoms with Crippen molar-refractivity contribution in [2.75, 3.05) is 31.3 Å². The first kappa shape index (κ1) is 16.1. The molecule has 1 aromatic rings. The van der Waals surface area contributed by atoms with Crippen molar-refractivity contribution in [3.63, 3.8) is 0 Å². The lowest BCUT2D eigenvalue weighted by atomic mass is 10.4. The quantitative estimate of drug-likeness (QED) is 0.538. The minimum Gasteiger partial charge on any atom is -0.370 e. The predicted octanol–water partition coefficient (Wildman–Crippen LogP) is 1.76. The largest absolute Gasteiger partial charge is 0.537 e. The lowest BCUT2D eigenvalue weighted by molar-refractivity contribution is 0.0877. The van der Waals surface area contributed by atoms with Crippen LogP contribution in [0.2, 0.25) is 0 Å². The summed E-state index contributed by atoms with van der Waals surface area (Å²) in [5.41, 5.74) is 0. The molecule has 0 unspecified atom stereocenters. The minimum atomic E-state index is -2.81. The van der Waals surface area contributed by atoms with Gasteiger partial charge in [-0.2, -0.15) is 25.3 Å². The molecule has 0 heterocycles. The summed E-state index contributed by atoms with van der Waals surface area (Å²) in [4.78, 5) is 0. The smallest absolute Gasteiger partial charge is 0.370 e. The van der Waals surface area contributed by atoms with Crippen molar-refractivity contribution >= 4 is 39.2 Å². The van der Waals surface area contributed by atoms with Gasteiger partial charge in [0.1, 0.15) is 0 Å². The van der Waals surface area contributed by atoms with E-state index in [2.05, 4.69) is 25.3 Å². The van der Waals surface area contributed by atoms with Crippen molar-refractivity contribution in [3.8, 4) is 0 Å². The topological polar surface area (TPSA) is 27.7 Å². The Morgan fingerprint density at radius 1 is 0.944 bits per heavy atom. The molecule has 102 valence electrons. The van der Waals surface area contributed by atoms with Crippen LogP contribution in [0.5, 0.6) is 0 Å². The second-order valence-electron chi connectivity index (χ2n) is 3.50. The summed E-state index contributed by atoms with van der Waals surface area (Å²) in [7, 11) is -2.81. The normalized spacial score (nSPS) is 11.7. The van der Waals surface area contributed by atoms with Gasteiger partial charge in [-0.25, -0.2) is 0 Å². The third kappa shape index (κ3) is 4.60. The molecule has 0 aromatic heterocycles. The maximum atomic E-state index is 5.89. The second kappa shape index (κ2) is 9.01.